The summed E-state index contributed by atoms with van der Waals surface area (Å²) in [6.07, 6.45) is 2.95. The van der Waals surface area contributed by atoms with Crippen molar-refractivity contribution in [3.63, 3.8) is 0 Å². The van der Waals surface area contributed by atoms with Crippen molar-refractivity contribution in [2.45, 2.75) is 65.1 Å². The highest BCUT2D eigenvalue weighted by Crippen LogP contribution is 2.61. The van der Waals surface area contributed by atoms with Gasteiger partial charge in [-0.2, -0.15) is 0 Å². The first-order valence-corrected chi connectivity index (χ1v) is 10.6. The molecule has 5 heteroatoms. The Morgan fingerprint density at radius 1 is 1.10 bits per heavy atom. The van der Waals surface area contributed by atoms with E-state index in [0.29, 0.717) is 30.3 Å². The maximum Gasteiger partial charge on any atom is 0.336 e. The molecule has 2 N–H and O–H groups in total. The Hall–Kier alpha value is -1.85. The van der Waals surface area contributed by atoms with Crippen LogP contribution in [0.4, 0.5) is 0 Å². The van der Waals surface area contributed by atoms with Crippen LogP contribution in [0.2, 0.25) is 0 Å². The lowest BCUT2D eigenvalue weighted by Crippen LogP contribution is -2.61. The highest BCUT2D eigenvalue weighted by Gasteiger charge is 2.60. The summed E-state index contributed by atoms with van der Waals surface area (Å²) in [5, 5.41) is 22.7. The third-order valence-electron chi connectivity index (χ3n) is 8.00. The van der Waals surface area contributed by atoms with E-state index in [9.17, 15) is 15.0 Å². The molecule has 0 spiro atoms. The molecule has 0 radical (unpaired) electrons. The van der Waals surface area contributed by atoms with Gasteiger partial charge in [-0.3, -0.25) is 0 Å². The zero-order chi connectivity index (χ0) is 21.0. The van der Waals surface area contributed by atoms with E-state index in [4.69, 9.17) is 9.15 Å². The predicted octanol–water partition coefficient (Wildman–Crippen LogP) is 4.14. The fourth-order valence-electron chi connectivity index (χ4n) is 6.21. The second-order valence-corrected chi connectivity index (χ2v) is 10.1. The molecule has 2 aromatic rings. The van der Waals surface area contributed by atoms with E-state index in [0.717, 1.165) is 24.6 Å². The van der Waals surface area contributed by atoms with Crippen LogP contribution in [-0.4, -0.2) is 28.5 Å². The molecule has 5 atom stereocenters. The summed E-state index contributed by atoms with van der Waals surface area (Å²) in [6, 6.07) is 8.54. The van der Waals surface area contributed by atoms with Crippen LogP contribution < -0.4 is 10.4 Å². The minimum Gasteiger partial charge on any atom is -0.493 e. The van der Waals surface area contributed by atoms with Gasteiger partial charge in [-0.25, -0.2) is 4.79 Å². The summed E-state index contributed by atoms with van der Waals surface area (Å²) in [5.74, 6) is 0.992. The van der Waals surface area contributed by atoms with Crippen molar-refractivity contribution in [3.8, 4) is 5.75 Å². The first kappa shape index (κ1) is 20.4. The third kappa shape index (κ3) is 3.38. The van der Waals surface area contributed by atoms with E-state index in [1.807, 2.05) is 13.0 Å². The molecule has 0 amide bonds. The van der Waals surface area contributed by atoms with Gasteiger partial charge in [0.05, 0.1) is 18.3 Å². The molecule has 0 saturated heterocycles. The molecule has 0 bridgehead atoms. The van der Waals surface area contributed by atoms with Crippen LogP contribution >= 0.6 is 0 Å². The van der Waals surface area contributed by atoms with Crippen molar-refractivity contribution in [3.05, 3.63) is 40.8 Å². The maximum atomic E-state index is 11.4. The van der Waals surface area contributed by atoms with Gasteiger partial charge in [0.15, 0.2) is 0 Å². The number of hydrogen-bond donors (Lipinski definition) is 2. The van der Waals surface area contributed by atoms with Crippen molar-refractivity contribution in [2.24, 2.45) is 22.7 Å². The Morgan fingerprint density at radius 2 is 1.86 bits per heavy atom. The second kappa shape index (κ2) is 6.85. The Bertz CT molecular complexity index is 959. The molecule has 1 heterocycles. The summed E-state index contributed by atoms with van der Waals surface area (Å²) in [7, 11) is 0. The summed E-state index contributed by atoms with van der Waals surface area (Å²) in [6.45, 7) is 8.93. The Morgan fingerprint density at radius 3 is 2.62 bits per heavy atom. The van der Waals surface area contributed by atoms with E-state index < -0.39 is 5.60 Å². The van der Waals surface area contributed by atoms with Gasteiger partial charge < -0.3 is 19.4 Å². The number of ether oxygens (including phenoxy) is 1. The van der Waals surface area contributed by atoms with Crippen LogP contribution in [0.5, 0.6) is 5.75 Å². The summed E-state index contributed by atoms with van der Waals surface area (Å²) in [4.78, 5) is 11.4. The lowest BCUT2D eigenvalue weighted by Gasteiger charge is -2.62. The molecule has 158 valence electrons. The van der Waals surface area contributed by atoms with Gasteiger partial charge in [-0.05, 0) is 73.6 Å². The van der Waals surface area contributed by atoms with E-state index in [1.165, 1.54) is 6.07 Å². The average Bonchev–Trinajstić information content (AvgIpc) is 2.64. The molecule has 5 nitrogen and oxygen atoms in total. The van der Waals surface area contributed by atoms with Crippen LogP contribution in [0.15, 0.2) is 39.5 Å². The number of aliphatic hydroxyl groups is 2. The van der Waals surface area contributed by atoms with Crippen molar-refractivity contribution >= 4 is 11.0 Å². The molecule has 2 aliphatic rings. The van der Waals surface area contributed by atoms with E-state index in [2.05, 4.69) is 20.8 Å². The normalized spacial score (nSPS) is 36.6. The minimum atomic E-state index is -0.812. The molecule has 2 saturated carbocycles. The Kier molecular flexibility index (Phi) is 4.82. The van der Waals surface area contributed by atoms with E-state index >= 15 is 0 Å². The molecular weight excluding hydrogens is 368 g/mol. The average molecular weight is 401 g/mol. The molecule has 0 aliphatic heterocycles. The van der Waals surface area contributed by atoms with Crippen molar-refractivity contribution < 1.29 is 19.4 Å². The quantitative estimate of drug-likeness (QED) is 0.757. The lowest BCUT2D eigenvalue weighted by atomic mass is 9.45. The van der Waals surface area contributed by atoms with Gasteiger partial charge >= 0.3 is 5.63 Å². The monoisotopic (exact) mass is 400 g/mol. The predicted molar refractivity (Wildman–Crippen MR) is 112 cm³/mol. The number of aliphatic hydroxyl groups excluding tert-OH is 1. The molecule has 2 fully saturated rings. The largest absolute Gasteiger partial charge is 0.493 e. The van der Waals surface area contributed by atoms with Crippen molar-refractivity contribution in [1.29, 1.82) is 0 Å². The van der Waals surface area contributed by atoms with Gasteiger partial charge in [-0.15, -0.1) is 0 Å². The molecule has 2 aliphatic carbocycles. The van der Waals surface area contributed by atoms with Crippen LogP contribution in [-0.2, 0) is 0 Å². The van der Waals surface area contributed by atoms with Crippen LogP contribution in [0.1, 0.15) is 53.4 Å². The van der Waals surface area contributed by atoms with Gasteiger partial charge in [0.2, 0.25) is 0 Å². The molecule has 4 rings (SSSR count). The fourth-order valence-corrected chi connectivity index (χ4v) is 6.21. The van der Waals surface area contributed by atoms with E-state index in [1.54, 1.807) is 18.2 Å². The van der Waals surface area contributed by atoms with Gasteiger partial charge in [0.25, 0.3) is 0 Å². The van der Waals surface area contributed by atoms with Crippen molar-refractivity contribution in [2.75, 3.05) is 6.61 Å². The zero-order valence-electron chi connectivity index (χ0n) is 17.8. The van der Waals surface area contributed by atoms with Crippen LogP contribution in [0, 0.1) is 22.7 Å². The number of hydrogen-bond acceptors (Lipinski definition) is 5. The standard InChI is InChI=1S/C24H32O5/c1-22(2)18-9-12-24(4,27)19(23(18,3)11-10-20(22)25)14-28-16-6-7-17-15(13-16)5-8-21(26)29-17/h5-8,13,18-20,25,27H,9-12,14H2,1-4H3. The highest BCUT2D eigenvalue weighted by molar-refractivity contribution is 5.77. The molecule has 1 aromatic heterocycles. The smallest absolute Gasteiger partial charge is 0.336 e. The van der Waals surface area contributed by atoms with Crippen molar-refractivity contribution in [1.82, 2.24) is 0 Å². The van der Waals surface area contributed by atoms with Gasteiger partial charge in [0, 0.05) is 17.4 Å². The second-order valence-electron chi connectivity index (χ2n) is 10.1. The van der Waals surface area contributed by atoms with E-state index in [-0.39, 0.29) is 28.5 Å². The van der Waals surface area contributed by atoms with Gasteiger partial charge in [-0.1, -0.05) is 20.8 Å². The number of rotatable bonds is 3. The first-order valence-electron chi connectivity index (χ1n) is 10.6. The van der Waals surface area contributed by atoms with Gasteiger partial charge in [0.1, 0.15) is 11.3 Å². The lowest BCUT2D eigenvalue weighted by molar-refractivity contribution is -0.201. The fraction of sp³-hybridized carbons (Fsp3) is 0.625. The highest BCUT2D eigenvalue weighted by atomic mass is 16.5. The first-order chi connectivity index (χ1) is 13.5. The molecule has 29 heavy (non-hydrogen) atoms. The van der Waals surface area contributed by atoms with Crippen LogP contribution in [0.3, 0.4) is 0 Å². The van der Waals surface area contributed by atoms with Crippen LogP contribution in [0.25, 0.3) is 11.0 Å². The molecular formula is C24H32O5. The number of benzene rings is 1. The summed E-state index contributed by atoms with van der Waals surface area (Å²) >= 11 is 0. The third-order valence-corrected chi connectivity index (χ3v) is 8.00. The molecule has 5 unspecified atom stereocenters. The Balaban J connectivity index is 1.60. The number of fused-ring (bicyclic) bond motifs is 2. The summed E-state index contributed by atoms with van der Waals surface area (Å²) in [5.41, 5.74) is -0.932. The minimum absolute atomic E-state index is 0.0371. The topological polar surface area (TPSA) is 79.9 Å². The zero-order valence-corrected chi connectivity index (χ0v) is 17.8. The SMILES string of the molecule is CC1(O)CCC2C(C)(C)C(O)CCC2(C)C1COc1ccc2oc(=O)ccc2c1. The maximum absolute atomic E-state index is 11.4. The Labute approximate surface area is 171 Å². The molecule has 1 aromatic carbocycles. The summed E-state index contributed by atoms with van der Waals surface area (Å²) < 4.78 is 11.4.